The van der Waals surface area contributed by atoms with Crippen molar-refractivity contribution in [2.75, 3.05) is 13.2 Å². The van der Waals surface area contributed by atoms with Crippen molar-refractivity contribution in [1.82, 2.24) is 10.2 Å². The van der Waals surface area contributed by atoms with E-state index >= 15 is 0 Å². The van der Waals surface area contributed by atoms with Crippen LogP contribution in [0.15, 0.2) is 24.3 Å². The Hall–Kier alpha value is -1.88. The summed E-state index contributed by atoms with van der Waals surface area (Å²) in [7, 11) is 0. The molecule has 0 bridgehead atoms. The van der Waals surface area contributed by atoms with Crippen molar-refractivity contribution in [3.05, 3.63) is 35.4 Å². The average molecular weight is 286 g/mol. The maximum atomic E-state index is 12.9. The molecule has 5 nitrogen and oxygen atoms in total. The second-order valence-corrected chi connectivity index (χ2v) is 6.04. The van der Waals surface area contributed by atoms with E-state index in [1.165, 1.54) is 4.90 Å². The Morgan fingerprint density at radius 3 is 3.00 bits per heavy atom. The van der Waals surface area contributed by atoms with Crippen molar-refractivity contribution in [3.8, 4) is 0 Å². The van der Waals surface area contributed by atoms with Crippen molar-refractivity contribution < 1.29 is 14.3 Å². The third kappa shape index (κ3) is 1.80. The first-order chi connectivity index (χ1) is 10.2. The monoisotopic (exact) mass is 286 g/mol. The number of amides is 3. The van der Waals surface area contributed by atoms with Gasteiger partial charge >= 0.3 is 6.03 Å². The zero-order valence-corrected chi connectivity index (χ0v) is 11.8. The SMILES string of the molecule is O=C1N[C@@]2(CCc3ccccc32)C(=O)N1C[C@@H]1CCCO1. The van der Waals surface area contributed by atoms with Crippen molar-refractivity contribution >= 4 is 11.9 Å². The van der Waals surface area contributed by atoms with Gasteiger partial charge in [0.2, 0.25) is 0 Å². The molecule has 2 heterocycles. The minimum atomic E-state index is -0.841. The fraction of sp³-hybridized carbons (Fsp3) is 0.500. The van der Waals surface area contributed by atoms with E-state index in [0.29, 0.717) is 13.0 Å². The van der Waals surface area contributed by atoms with Crippen LogP contribution in [0.25, 0.3) is 0 Å². The number of fused-ring (bicyclic) bond motifs is 2. The van der Waals surface area contributed by atoms with Crippen molar-refractivity contribution in [2.45, 2.75) is 37.3 Å². The Bertz CT molecular complexity index is 609. The number of urea groups is 1. The number of aryl methyl sites for hydroxylation is 1. The smallest absolute Gasteiger partial charge is 0.325 e. The lowest BCUT2D eigenvalue weighted by Gasteiger charge is -2.23. The molecule has 3 amide bonds. The molecule has 2 aliphatic heterocycles. The van der Waals surface area contributed by atoms with Crippen LogP contribution in [0.3, 0.4) is 0 Å². The molecular formula is C16H18N2O3. The van der Waals surface area contributed by atoms with Crippen LogP contribution in [-0.2, 0) is 21.5 Å². The van der Waals surface area contributed by atoms with Gasteiger partial charge < -0.3 is 10.1 Å². The molecule has 0 unspecified atom stereocenters. The first-order valence-electron chi connectivity index (χ1n) is 7.55. The summed E-state index contributed by atoms with van der Waals surface area (Å²) in [6.07, 6.45) is 3.39. The number of rotatable bonds is 2. The summed E-state index contributed by atoms with van der Waals surface area (Å²) in [6, 6.07) is 7.60. The predicted octanol–water partition coefficient (Wildman–Crippen LogP) is 1.56. The Kier molecular flexibility index (Phi) is 2.79. The lowest BCUT2D eigenvalue weighted by molar-refractivity contribution is -0.132. The number of carbonyl (C=O) groups excluding carboxylic acids is 2. The third-order valence-electron chi connectivity index (χ3n) is 4.83. The normalized spacial score (nSPS) is 31.0. The molecule has 1 aliphatic carbocycles. The summed E-state index contributed by atoms with van der Waals surface area (Å²) in [6.45, 7) is 1.09. The van der Waals surface area contributed by atoms with Crippen LogP contribution in [0.2, 0.25) is 0 Å². The van der Waals surface area contributed by atoms with Crippen molar-refractivity contribution in [2.24, 2.45) is 0 Å². The summed E-state index contributed by atoms with van der Waals surface area (Å²) in [4.78, 5) is 26.5. The molecule has 2 atom stereocenters. The first-order valence-corrected chi connectivity index (χ1v) is 7.55. The molecule has 3 aliphatic rings. The molecule has 4 rings (SSSR count). The van der Waals surface area contributed by atoms with Crippen LogP contribution in [0.5, 0.6) is 0 Å². The van der Waals surface area contributed by atoms with Gasteiger partial charge in [-0.2, -0.15) is 0 Å². The standard InChI is InChI=1S/C16H18N2O3/c19-14-16(8-7-11-4-1-2-6-13(11)16)17-15(20)18(14)10-12-5-3-9-21-12/h1-2,4,6,12H,3,5,7-10H2,(H,17,20)/t12-,16+/m0/s1. The van der Waals surface area contributed by atoms with Gasteiger partial charge in [0.05, 0.1) is 12.6 Å². The highest BCUT2D eigenvalue weighted by Crippen LogP contribution is 2.41. The number of ether oxygens (including phenoxy) is 1. The van der Waals surface area contributed by atoms with E-state index in [4.69, 9.17) is 4.74 Å². The quantitative estimate of drug-likeness (QED) is 0.839. The van der Waals surface area contributed by atoms with Gasteiger partial charge in [0, 0.05) is 6.61 Å². The highest BCUT2D eigenvalue weighted by Gasteiger charge is 2.55. The molecule has 1 aromatic rings. The number of nitrogens with one attached hydrogen (secondary N) is 1. The third-order valence-corrected chi connectivity index (χ3v) is 4.83. The Morgan fingerprint density at radius 2 is 2.19 bits per heavy atom. The lowest BCUT2D eigenvalue weighted by Crippen LogP contribution is -2.42. The molecule has 21 heavy (non-hydrogen) atoms. The van der Waals surface area contributed by atoms with E-state index in [1.807, 2.05) is 24.3 Å². The molecule has 2 saturated heterocycles. The van der Waals surface area contributed by atoms with E-state index in [0.717, 1.165) is 37.0 Å². The lowest BCUT2D eigenvalue weighted by atomic mass is 9.92. The molecule has 110 valence electrons. The molecule has 1 spiro atoms. The van der Waals surface area contributed by atoms with Gasteiger partial charge in [0.25, 0.3) is 5.91 Å². The molecule has 1 aromatic carbocycles. The average Bonchev–Trinajstić information content (AvgIpc) is 3.17. The van der Waals surface area contributed by atoms with E-state index in [2.05, 4.69) is 5.32 Å². The second kappa shape index (κ2) is 4.56. The molecule has 0 saturated carbocycles. The number of imide groups is 1. The molecular weight excluding hydrogens is 268 g/mol. The zero-order chi connectivity index (χ0) is 14.4. The number of hydrogen-bond donors (Lipinski definition) is 1. The van der Waals surface area contributed by atoms with Crippen LogP contribution in [0.4, 0.5) is 4.79 Å². The fourth-order valence-electron chi connectivity index (χ4n) is 3.75. The van der Waals surface area contributed by atoms with Gasteiger partial charge in [-0.25, -0.2) is 4.79 Å². The Morgan fingerprint density at radius 1 is 1.33 bits per heavy atom. The van der Waals surface area contributed by atoms with Gasteiger partial charge in [-0.15, -0.1) is 0 Å². The number of benzene rings is 1. The molecule has 1 N–H and O–H groups in total. The van der Waals surface area contributed by atoms with E-state index in [-0.39, 0.29) is 18.0 Å². The minimum absolute atomic E-state index is 0.00787. The maximum Gasteiger partial charge on any atom is 0.325 e. The van der Waals surface area contributed by atoms with Gasteiger partial charge in [-0.3, -0.25) is 9.69 Å². The minimum Gasteiger partial charge on any atom is -0.376 e. The zero-order valence-electron chi connectivity index (χ0n) is 11.8. The molecule has 0 aromatic heterocycles. The highest BCUT2D eigenvalue weighted by molar-refractivity contribution is 6.08. The number of carbonyl (C=O) groups is 2. The van der Waals surface area contributed by atoms with E-state index in [1.54, 1.807) is 0 Å². The van der Waals surface area contributed by atoms with Crippen molar-refractivity contribution in [1.29, 1.82) is 0 Å². The van der Waals surface area contributed by atoms with E-state index in [9.17, 15) is 9.59 Å². The maximum absolute atomic E-state index is 12.9. The van der Waals surface area contributed by atoms with Crippen LogP contribution in [-0.4, -0.2) is 36.1 Å². The Labute approximate surface area is 123 Å². The Balaban J connectivity index is 1.64. The second-order valence-electron chi connectivity index (χ2n) is 6.04. The predicted molar refractivity (Wildman–Crippen MR) is 75.7 cm³/mol. The highest BCUT2D eigenvalue weighted by atomic mass is 16.5. The van der Waals surface area contributed by atoms with Gasteiger partial charge in [0.15, 0.2) is 0 Å². The number of hydrogen-bond acceptors (Lipinski definition) is 3. The first kappa shape index (κ1) is 12.8. The summed E-state index contributed by atoms with van der Waals surface area (Å²) < 4.78 is 5.56. The summed E-state index contributed by atoms with van der Waals surface area (Å²) in [5.41, 5.74) is 1.27. The number of nitrogens with zero attached hydrogens (tertiary/aromatic N) is 1. The molecule has 0 radical (unpaired) electrons. The van der Waals surface area contributed by atoms with Crippen LogP contribution < -0.4 is 5.32 Å². The van der Waals surface area contributed by atoms with Crippen LogP contribution in [0.1, 0.15) is 30.4 Å². The van der Waals surface area contributed by atoms with E-state index < -0.39 is 5.54 Å². The summed E-state index contributed by atoms with van der Waals surface area (Å²) >= 11 is 0. The summed E-state index contributed by atoms with van der Waals surface area (Å²) in [5.74, 6) is -0.118. The van der Waals surface area contributed by atoms with Crippen LogP contribution >= 0.6 is 0 Å². The largest absolute Gasteiger partial charge is 0.376 e. The molecule has 5 heteroatoms. The van der Waals surface area contributed by atoms with Crippen molar-refractivity contribution in [3.63, 3.8) is 0 Å². The molecule has 2 fully saturated rings. The topological polar surface area (TPSA) is 58.6 Å². The summed E-state index contributed by atoms with van der Waals surface area (Å²) in [5, 5.41) is 2.94. The van der Waals surface area contributed by atoms with Crippen LogP contribution in [0, 0.1) is 0 Å². The fourth-order valence-corrected chi connectivity index (χ4v) is 3.75. The van der Waals surface area contributed by atoms with Gasteiger partial charge in [-0.1, -0.05) is 24.3 Å². The van der Waals surface area contributed by atoms with Gasteiger partial charge in [-0.05, 0) is 36.8 Å². The van der Waals surface area contributed by atoms with Gasteiger partial charge in [0.1, 0.15) is 5.54 Å².